The molecule has 0 saturated carbocycles. The monoisotopic (exact) mass is 411 g/mol. The molecule has 0 spiro atoms. The molecule has 4 rings (SSSR count). The maximum atomic E-state index is 14.0. The Labute approximate surface area is 178 Å². The van der Waals surface area contributed by atoms with Crippen LogP contribution in [0, 0.1) is 17.2 Å². The molecule has 5 heteroatoms. The van der Waals surface area contributed by atoms with Crippen LogP contribution in [-0.2, 0) is 13.0 Å². The normalized spacial score (nSPS) is 20.8. The van der Waals surface area contributed by atoms with Crippen molar-refractivity contribution in [2.24, 2.45) is 11.3 Å². The van der Waals surface area contributed by atoms with E-state index in [-0.39, 0.29) is 22.9 Å². The SMILES string of the molecule is COc1cc2c(cc1OC)C(=O)C(CC1(C)CCN(Cc3ccccc3F)CC1)C2. The molecule has 160 valence electrons. The summed E-state index contributed by atoms with van der Waals surface area (Å²) in [4.78, 5) is 15.4. The topological polar surface area (TPSA) is 38.8 Å². The molecule has 4 nitrogen and oxygen atoms in total. The third-order valence-electron chi connectivity index (χ3n) is 6.87. The van der Waals surface area contributed by atoms with E-state index in [0.29, 0.717) is 18.0 Å². The molecule has 0 aromatic heterocycles. The number of likely N-dealkylation sites (tertiary alicyclic amines) is 1. The Kier molecular flexibility index (Phi) is 5.83. The molecule has 1 saturated heterocycles. The number of methoxy groups -OCH3 is 2. The van der Waals surface area contributed by atoms with Crippen molar-refractivity contribution in [2.45, 2.75) is 39.2 Å². The second kappa shape index (κ2) is 8.38. The van der Waals surface area contributed by atoms with Gasteiger partial charge in [0.2, 0.25) is 0 Å². The number of halogens is 1. The number of ketones is 1. The summed E-state index contributed by atoms with van der Waals surface area (Å²) in [5.41, 5.74) is 2.72. The number of carbonyl (C=O) groups is 1. The van der Waals surface area contributed by atoms with E-state index in [2.05, 4.69) is 11.8 Å². The molecule has 2 aromatic rings. The number of benzene rings is 2. The third kappa shape index (κ3) is 4.08. The van der Waals surface area contributed by atoms with Gasteiger partial charge in [0.05, 0.1) is 14.2 Å². The number of ether oxygens (including phenoxy) is 2. The van der Waals surface area contributed by atoms with E-state index in [9.17, 15) is 9.18 Å². The van der Waals surface area contributed by atoms with Crippen LogP contribution in [0.4, 0.5) is 4.39 Å². The van der Waals surface area contributed by atoms with E-state index in [4.69, 9.17) is 9.47 Å². The number of fused-ring (bicyclic) bond motifs is 1. The summed E-state index contributed by atoms with van der Waals surface area (Å²) in [6.07, 6.45) is 3.70. The smallest absolute Gasteiger partial charge is 0.166 e. The van der Waals surface area contributed by atoms with Gasteiger partial charge in [-0.25, -0.2) is 4.39 Å². The summed E-state index contributed by atoms with van der Waals surface area (Å²) in [5.74, 6) is 1.39. The summed E-state index contributed by atoms with van der Waals surface area (Å²) in [7, 11) is 3.21. The van der Waals surface area contributed by atoms with Crippen molar-refractivity contribution in [3.8, 4) is 11.5 Å². The van der Waals surface area contributed by atoms with Crippen molar-refractivity contribution in [3.05, 3.63) is 58.9 Å². The Morgan fingerprint density at radius 2 is 1.77 bits per heavy atom. The van der Waals surface area contributed by atoms with Crippen molar-refractivity contribution in [1.82, 2.24) is 4.90 Å². The maximum Gasteiger partial charge on any atom is 0.166 e. The average Bonchev–Trinajstić information content (AvgIpc) is 3.04. The minimum Gasteiger partial charge on any atom is -0.493 e. The molecular weight excluding hydrogens is 381 g/mol. The third-order valence-corrected chi connectivity index (χ3v) is 6.87. The van der Waals surface area contributed by atoms with Gasteiger partial charge >= 0.3 is 0 Å². The van der Waals surface area contributed by atoms with Crippen LogP contribution in [0.2, 0.25) is 0 Å². The van der Waals surface area contributed by atoms with Crippen LogP contribution in [0.1, 0.15) is 47.7 Å². The van der Waals surface area contributed by atoms with Crippen LogP contribution in [0.25, 0.3) is 0 Å². The summed E-state index contributed by atoms with van der Waals surface area (Å²) < 4.78 is 24.7. The van der Waals surface area contributed by atoms with Crippen LogP contribution < -0.4 is 9.47 Å². The standard InChI is InChI=1S/C25H30FNO3/c1-25(8-10-27(11-9-25)16-17-6-4-5-7-21(17)26)15-19-12-18-13-22(29-2)23(30-3)14-20(18)24(19)28/h4-7,13-14,19H,8-12,15-16H2,1-3H3. The summed E-state index contributed by atoms with van der Waals surface area (Å²) in [6.45, 7) is 4.81. The first-order valence-corrected chi connectivity index (χ1v) is 10.7. The number of hydrogen-bond acceptors (Lipinski definition) is 4. The van der Waals surface area contributed by atoms with Crippen molar-refractivity contribution in [2.75, 3.05) is 27.3 Å². The molecule has 1 atom stereocenters. The zero-order valence-electron chi connectivity index (χ0n) is 18.0. The van der Waals surface area contributed by atoms with Gasteiger partial charge in [-0.3, -0.25) is 9.69 Å². The average molecular weight is 412 g/mol. The molecule has 30 heavy (non-hydrogen) atoms. The van der Waals surface area contributed by atoms with Crippen molar-refractivity contribution >= 4 is 5.78 Å². The van der Waals surface area contributed by atoms with E-state index < -0.39 is 0 Å². The first-order chi connectivity index (χ1) is 14.4. The Morgan fingerprint density at radius 1 is 1.10 bits per heavy atom. The Bertz CT molecular complexity index is 934. The number of rotatable bonds is 6. The predicted molar refractivity (Wildman–Crippen MR) is 115 cm³/mol. The lowest BCUT2D eigenvalue weighted by Crippen LogP contribution is -2.39. The Morgan fingerprint density at radius 3 is 2.43 bits per heavy atom. The van der Waals surface area contributed by atoms with Gasteiger partial charge in [-0.05, 0) is 68.0 Å². The molecule has 0 amide bonds. The quantitative estimate of drug-likeness (QED) is 0.678. The zero-order valence-corrected chi connectivity index (χ0v) is 18.0. The summed E-state index contributed by atoms with van der Waals surface area (Å²) >= 11 is 0. The number of nitrogens with zero attached hydrogens (tertiary/aromatic N) is 1. The molecular formula is C25H30FNO3. The van der Waals surface area contributed by atoms with E-state index in [0.717, 1.165) is 55.5 Å². The number of hydrogen-bond donors (Lipinski definition) is 0. The Balaban J connectivity index is 1.39. The van der Waals surface area contributed by atoms with E-state index in [1.807, 2.05) is 24.3 Å². The van der Waals surface area contributed by atoms with Crippen LogP contribution in [0.5, 0.6) is 11.5 Å². The van der Waals surface area contributed by atoms with Gasteiger partial charge in [-0.2, -0.15) is 0 Å². The van der Waals surface area contributed by atoms with Crippen LogP contribution in [0.3, 0.4) is 0 Å². The van der Waals surface area contributed by atoms with Crippen LogP contribution in [0.15, 0.2) is 36.4 Å². The predicted octanol–water partition coefficient (Wildman–Crippen LogP) is 4.89. The fraction of sp³-hybridized carbons (Fsp3) is 0.480. The minimum absolute atomic E-state index is 0.0138. The molecule has 1 aliphatic carbocycles. The highest BCUT2D eigenvalue weighted by Gasteiger charge is 2.39. The molecule has 0 N–H and O–H groups in total. The zero-order chi connectivity index (χ0) is 21.3. The number of carbonyl (C=O) groups excluding carboxylic acids is 1. The van der Waals surface area contributed by atoms with Gasteiger partial charge in [0.15, 0.2) is 17.3 Å². The molecule has 1 aliphatic heterocycles. The highest BCUT2D eigenvalue weighted by atomic mass is 19.1. The number of piperidine rings is 1. The molecule has 2 aliphatic rings. The summed E-state index contributed by atoms with van der Waals surface area (Å²) in [5, 5.41) is 0. The van der Waals surface area contributed by atoms with Crippen LogP contribution in [-0.4, -0.2) is 38.0 Å². The van der Waals surface area contributed by atoms with Gasteiger partial charge in [0, 0.05) is 23.6 Å². The van der Waals surface area contributed by atoms with E-state index in [1.54, 1.807) is 20.3 Å². The minimum atomic E-state index is -0.133. The van der Waals surface area contributed by atoms with Gasteiger partial charge < -0.3 is 9.47 Å². The molecule has 2 aromatic carbocycles. The van der Waals surface area contributed by atoms with Crippen molar-refractivity contribution in [3.63, 3.8) is 0 Å². The highest BCUT2D eigenvalue weighted by Crippen LogP contribution is 2.43. The van der Waals surface area contributed by atoms with Gasteiger partial charge in [0.1, 0.15) is 5.82 Å². The lowest BCUT2D eigenvalue weighted by Gasteiger charge is -2.40. The first kappa shape index (κ1) is 20.9. The molecule has 1 fully saturated rings. The Hall–Kier alpha value is -2.40. The fourth-order valence-corrected chi connectivity index (χ4v) is 4.98. The second-order valence-corrected chi connectivity index (χ2v) is 9.01. The molecule has 1 heterocycles. The van der Waals surface area contributed by atoms with Gasteiger partial charge in [-0.1, -0.05) is 25.1 Å². The molecule has 1 unspecified atom stereocenters. The number of Topliss-reactive ketones (excluding diaryl/α,β-unsaturated/α-hetero) is 1. The lowest BCUT2D eigenvalue weighted by molar-refractivity contribution is 0.0737. The lowest BCUT2D eigenvalue weighted by atomic mass is 9.73. The van der Waals surface area contributed by atoms with E-state index in [1.165, 1.54) is 6.07 Å². The summed E-state index contributed by atoms with van der Waals surface area (Å²) in [6, 6.07) is 10.8. The molecule has 0 bridgehead atoms. The van der Waals surface area contributed by atoms with Crippen molar-refractivity contribution in [1.29, 1.82) is 0 Å². The second-order valence-electron chi connectivity index (χ2n) is 9.01. The van der Waals surface area contributed by atoms with Crippen LogP contribution >= 0.6 is 0 Å². The first-order valence-electron chi connectivity index (χ1n) is 10.7. The van der Waals surface area contributed by atoms with E-state index >= 15 is 0 Å². The molecule has 0 radical (unpaired) electrons. The highest BCUT2D eigenvalue weighted by molar-refractivity contribution is 6.03. The largest absolute Gasteiger partial charge is 0.493 e. The van der Waals surface area contributed by atoms with Gasteiger partial charge in [-0.15, -0.1) is 0 Å². The maximum absolute atomic E-state index is 14.0. The van der Waals surface area contributed by atoms with Crippen molar-refractivity contribution < 1.29 is 18.7 Å². The van der Waals surface area contributed by atoms with Gasteiger partial charge in [0.25, 0.3) is 0 Å². The fourth-order valence-electron chi connectivity index (χ4n) is 4.98.